The van der Waals surface area contributed by atoms with E-state index in [4.69, 9.17) is 4.42 Å². The number of pyridine rings is 1. The molecule has 0 unspecified atom stereocenters. The van der Waals surface area contributed by atoms with Crippen molar-refractivity contribution in [2.24, 2.45) is 0 Å². The lowest BCUT2D eigenvalue weighted by atomic mass is 10.2. The second-order valence-electron chi connectivity index (χ2n) is 3.62. The van der Waals surface area contributed by atoms with E-state index in [1.807, 2.05) is 0 Å². The summed E-state index contributed by atoms with van der Waals surface area (Å²) >= 11 is 0. The standard InChI is InChI=1S/C12H6FNO3/c13-7-1-2-8-6(3-7)4-10-12(14-8)9(15)5-11(16)17-10/h1-5,15H. The van der Waals surface area contributed by atoms with Gasteiger partial charge in [-0.05, 0) is 24.3 Å². The summed E-state index contributed by atoms with van der Waals surface area (Å²) < 4.78 is 17.9. The summed E-state index contributed by atoms with van der Waals surface area (Å²) in [6.07, 6.45) is 0. The molecule has 0 radical (unpaired) electrons. The van der Waals surface area contributed by atoms with Crippen molar-refractivity contribution in [2.45, 2.75) is 0 Å². The first kappa shape index (κ1) is 9.77. The number of benzene rings is 1. The molecule has 2 aromatic heterocycles. The number of fused-ring (bicyclic) bond motifs is 2. The monoisotopic (exact) mass is 231 g/mol. The Morgan fingerprint density at radius 2 is 2.06 bits per heavy atom. The third-order valence-electron chi connectivity index (χ3n) is 2.45. The molecule has 0 saturated carbocycles. The van der Waals surface area contributed by atoms with Crippen LogP contribution < -0.4 is 5.63 Å². The van der Waals surface area contributed by atoms with E-state index in [0.717, 1.165) is 6.07 Å². The van der Waals surface area contributed by atoms with Gasteiger partial charge in [0, 0.05) is 5.39 Å². The number of rotatable bonds is 0. The van der Waals surface area contributed by atoms with Crippen LogP contribution in [0.2, 0.25) is 0 Å². The number of hydrogen-bond acceptors (Lipinski definition) is 4. The fourth-order valence-electron chi connectivity index (χ4n) is 1.71. The SMILES string of the molecule is O=c1cc(O)c2nc3ccc(F)cc3cc2o1. The van der Waals surface area contributed by atoms with Crippen molar-refractivity contribution < 1.29 is 13.9 Å². The van der Waals surface area contributed by atoms with Crippen LogP contribution in [0.5, 0.6) is 5.75 Å². The molecule has 84 valence electrons. The van der Waals surface area contributed by atoms with Crippen LogP contribution in [0.4, 0.5) is 4.39 Å². The van der Waals surface area contributed by atoms with E-state index in [2.05, 4.69) is 4.98 Å². The minimum Gasteiger partial charge on any atom is -0.505 e. The summed E-state index contributed by atoms with van der Waals surface area (Å²) in [6, 6.07) is 6.48. The molecule has 3 aromatic rings. The minimum absolute atomic E-state index is 0.133. The van der Waals surface area contributed by atoms with Gasteiger partial charge in [-0.15, -0.1) is 0 Å². The first-order valence-electron chi connectivity index (χ1n) is 4.86. The van der Waals surface area contributed by atoms with Crippen LogP contribution in [0.3, 0.4) is 0 Å². The Kier molecular flexibility index (Phi) is 1.89. The summed E-state index contributed by atoms with van der Waals surface area (Å²) in [6.45, 7) is 0. The Hall–Kier alpha value is -2.43. The van der Waals surface area contributed by atoms with Gasteiger partial charge in [0.15, 0.2) is 11.3 Å². The van der Waals surface area contributed by atoms with Crippen LogP contribution >= 0.6 is 0 Å². The molecule has 3 rings (SSSR count). The lowest BCUT2D eigenvalue weighted by Gasteiger charge is -2.01. The molecular formula is C12H6FNO3. The second-order valence-corrected chi connectivity index (χ2v) is 3.62. The van der Waals surface area contributed by atoms with Gasteiger partial charge in [0.25, 0.3) is 0 Å². The minimum atomic E-state index is -0.674. The summed E-state index contributed by atoms with van der Waals surface area (Å²) in [5.74, 6) is -0.649. The van der Waals surface area contributed by atoms with Crippen molar-refractivity contribution in [3.05, 3.63) is 46.6 Å². The maximum Gasteiger partial charge on any atom is 0.340 e. The molecule has 17 heavy (non-hydrogen) atoms. The molecule has 0 bridgehead atoms. The Morgan fingerprint density at radius 3 is 2.88 bits per heavy atom. The lowest BCUT2D eigenvalue weighted by Crippen LogP contribution is -1.96. The molecule has 1 N–H and O–H groups in total. The molecule has 0 aliphatic rings. The predicted molar refractivity (Wildman–Crippen MR) is 59.4 cm³/mol. The van der Waals surface area contributed by atoms with E-state index in [-0.39, 0.29) is 16.8 Å². The van der Waals surface area contributed by atoms with Crippen LogP contribution in [-0.2, 0) is 0 Å². The number of halogens is 1. The van der Waals surface area contributed by atoms with Gasteiger partial charge in [0.1, 0.15) is 11.3 Å². The highest BCUT2D eigenvalue weighted by Crippen LogP contribution is 2.24. The van der Waals surface area contributed by atoms with E-state index in [1.54, 1.807) is 0 Å². The van der Waals surface area contributed by atoms with Gasteiger partial charge >= 0.3 is 5.63 Å². The summed E-state index contributed by atoms with van der Waals surface area (Å²) in [5.41, 5.74) is 0.160. The molecule has 1 aromatic carbocycles. The van der Waals surface area contributed by atoms with Crippen molar-refractivity contribution in [3.8, 4) is 5.75 Å². The Morgan fingerprint density at radius 1 is 1.24 bits per heavy atom. The van der Waals surface area contributed by atoms with E-state index in [9.17, 15) is 14.3 Å². The molecule has 0 fully saturated rings. The van der Waals surface area contributed by atoms with E-state index in [1.165, 1.54) is 24.3 Å². The summed E-state index contributed by atoms with van der Waals surface area (Å²) in [5, 5.41) is 10.1. The molecule has 5 heteroatoms. The highest BCUT2D eigenvalue weighted by Gasteiger charge is 2.08. The van der Waals surface area contributed by atoms with Gasteiger partial charge < -0.3 is 9.52 Å². The molecule has 0 aliphatic carbocycles. The average molecular weight is 231 g/mol. The first-order valence-corrected chi connectivity index (χ1v) is 4.86. The lowest BCUT2D eigenvalue weighted by molar-refractivity contribution is 0.466. The van der Waals surface area contributed by atoms with Gasteiger partial charge in [-0.1, -0.05) is 0 Å². The van der Waals surface area contributed by atoms with Crippen molar-refractivity contribution in [3.63, 3.8) is 0 Å². The smallest absolute Gasteiger partial charge is 0.340 e. The van der Waals surface area contributed by atoms with Gasteiger partial charge in [0.05, 0.1) is 11.6 Å². The Labute approximate surface area is 93.9 Å². The summed E-state index contributed by atoms with van der Waals surface area (Å²) in [7, 11) is 0. The van der Waals surface area contributed by atoms with Gasteiger partial charge in [0.2, 0.25) is 0 Å². The highest BCUT2D eigenvalue weighted by molar-refractivity contribution is 5.91. The van der Waals surface area contributed by atoms with Crippen LogP contribution in [0, 0.1) is 5.82 Å². The van der Waals surface area contributed by atoms with Gasteiger partial charge in [-0.2, -0.15) is 0 Å². The second kappa shape index (κ2) is 3.28. The van der Waals surface area contributed by atoms with E-state index in [0.29, 0.717) is 10.9 Å². The van der Waals surface area contributed by atoms with Gasteiger partial charge in [-0.25, -0.2) is 14.2 Å². The Balaban J connectivity index is 2.52. The average Bonchev–Trinajstić information content (AvgIpc) is 2.26. The number of nitrogens with zero attached hydrogens (tertiary/aromatic N) is 1. The van der Waals surface area contributed by atoms with Crippen LogP contribution in [0.25, 0.3) is 22.0 Å². The molecule has 0 amide bonds. The first-order chi connectivity index (χ1) is 8.13. The molecule has 0 atom stereocenters. The number of aromatic nitrogens is 1. The third kappa shape index (κ3) is 1.52. The van der Waals surface area contributed by atoms with E-state index >= 15 is 0 Å². The van der Waals surface area contributed by atoms with E-state index < -0.39 is 11.4 Å². The van der Waals surface area contributed by atoms with Crippen LogP contribution in [0.1, 0.15) is 0 Å². The molecule has 0 saturated heterocycles. The molecule has 2 heterocycles. The normalized spacial score (nSPS) is 11.1. The molecule has 0 spiro atoms. The molecular weight excluding hydrogens is 225 g/mol. The predicted octanol–water partition coefficient (Wildman–Crippen LogP) is 2.19. The maximum atomic E-state index is 13.0. The Bertz CT molecular complexity index is 795. The van der Waals surface area contributed by atoms with Gasteiger partial charge in [-0.3, -0.25) is 0 Å². The largest absolute Gasteiger partial charge is 0.505 e. The topological polar surface area (TPSA) is 63.3 Å². The fourth-order valence-corrected chi connectivity index (χ4v) is 1.71. The van der Waals surface area contributed by atoms with Crippen LogP contribution in [0.15, 0.2) is 39.5 Å². The zero-order valence-corrected chi connectivity index (χ0v) is 8.48. The third-order valence-corrected chi connectivity index (χ3v) is 2.45. The summed E-state index contributed by atoms with van der Waals surface area (Å²) in [4.78, 5) is 15.2. The fraction of sp³-hybridized carbons (Fsp3) is 0. The zero-order valence-electron chi connectivity index (χ0n) is 8.48. The zero-order chi connectivity index (χ0) is 12.0. The highest BCUT2D eigenvalue weighted by atomic mass is 19.1. The van der Waals surface area contributed by atoms with Crippen LogP contribution in [-0.4, -0.2) is 10.1 Å². The quantitative estimate of drug-likeness (QED) is 0.602. The number of aromatic hydroxyl groups is 1. The molecule has 4 nitrogen and oxygen atoms in total. The van der Waals surface area contributed by atoms with Crippen molar-refractivity contribution in [1.82, 2.24) is 4.98 Å². The maximum absolute atomic E-state index is 13.0. The number of hydrogen-bond donors (Lipinski definition) is 1. The van der Waals surface area contributed by atoms with Crippen molar-refractivity contribution >= 4 is 22.0 Å². The molecule has 0 aliphatic heterocycles. The van der Waals surface area contributed by atoms with Crippen molar-refractivity contribution in [1.29, 1.82) is 0 Å². The van der Waals surface area contributed by atoms with Crippen molar-refractivity contribution in [2.75, 3.05) is 0 Å².